The summed E-state index contributed by atoms with van der Waals surface area (Å²) in [6.07, 6.45) is 0. The zero-order valence-corrected chi connectivity index (χ0v) is 11.4. The maximum Gasteiger partial charge on any atom is 0.343 e. The molecule has 2 aromatic carbocycles. The van der Waals surface area contributed by atoms with Crippen LogP contribution in [0.2, 0.25) is 0 Å². The molecule has 0 amide bonds. The van der Waals surface area contributed by atoms with Crippen LogP contribution in [-0.2, 0) is 0 Å². The molecule has 0 N–H and O–H groups in total. The van der Waals surface area contributed by atoms with E-state index in [-0.39, 0.29) is 11.3 Å². The summed E-state index contributed by atoms with van der Waals surface area (Å²) >= 11 is 5.40. The van der Waals surface area contributed by atoms with Gasteiger partial charge in [0, 0.05) is 5.56 Å². The molecule has 0 spiro atoms. The summed E-state index contributed by atoms with van der Waals surface area (Å²) in [5.74, 6) is -0.0492. The van der Waals surface area contributed by atoms with Crippen molar-refractivity contribution in [2.24, 2.45) is 0 Å². The number of hydrogen-bond acceptors (Lipinski definition) is 4. The predicted molar refractivity (Wildman–Crippen MR) is 74.6 cm³/mol. The lowest BCUT2D eigenvalue weighted by atomic mass is 10.2. The smallest absolute Gasteiger partial charge is 0.343 e. The Hall–Kier alpha value is -2.33. The first-order valence-electron chi connectivity index (χ1n) is 5.77. The van der Waals surface area contributed by atoms with Gasteiger partial charge in [-0.1, -0.05) is 18.2 Å². The minimum Gasteiger partial charge on any atom is -0.493 e. The van der Waals surface area contributed by atoms with Crippen LogP contribution in [0.25, 0.3) is 0 Å². The van der Waals surface area contributed by atoms with Crippen molar-refractivity contribution in [3.8, 4) is 11.5 Å². The highest BCUT2D eigenvalue weighted by Crippen LogP contribution is 2.29. The molecule has 0 saturated carbocycles. The molecule has 0 aliphatic carbocycles. The van der Waals surface area contributed by atoms with E-state index in [4.69, 9.17) is 21.1 Å². The van der Waals surface area contributed by atoms with Crippen LogP contribution in [-0.4, -0.2) is 18.3 Å². The first kappa shape index (κ1) is 14.1. The average molecular weight is 291 g/mol. The number of carbonyl (C=O) groups excluding carboxylic acids is 2. The lowest BCUT2D eigenvalue weighted by molar-refractivity contribution is 0.0729. The minimum absolute atomic E-state index is 0.146. The van der Waals surface area contributed by atoms with Crippen LogP contribution in [0.5, 0.6) is 11.5 Å². The Morgan fingerprint density at radius 1 is 0.950 bits per heavy atom. The van der Waals surface area contributed by atoms with E-state index in [0.717, 1.165) is 0 Å². The Labute approximate surface area is 120 Å². The Morgan fingerprint density at radius 3 is 2.25 bits per heavy atom. The highest BCUT2D eigenvalue weighted by molar-refractivity contribution is 6.67. The monoisotopic (exact) mass is 290 g/mol. The van der Waals surface area contributed by atoms with Gasteiger partial charge >= 0.3 is 5.97 Å². The minimum atomic E-state index is -0.635. The fraction of sp³-hybridized carbons (Fsp3) is 0.0667. The van der Waals surface area contributed by atoms with E-state index >= 15 is 0 Å². The topological polar surface area (TPSA) is 52.6 Å². The van der Waals surface area contributed by atoms with E-state index in [2.05, 4.69) is 0 Å². The normalized spacial score (nSPS) is 9.90. The third-order valence-electron chi connectivity index (χ3n) is 2.60. The number of hydrogen-bond donors (Lipinski definition) is 0. The lowest BCUT2D eigenvalue weighted by Gasteiger charge is -2.10. The summed E-state index contributed by atoms with van der Waals surface area (Å²) < 4.78 is 10.3. The van der Waals surface area contributed by atoms with Gasteiger partial charge < -0.3 is 9.47 Å². The Bertz CT molecular complexity index is 638. The molecule has 0 aromatic heterocycles. The maximum atomic E-state index is 12.0. The third-order valence-corrected chi connectivity index (χ3v) is 2.82. The SMILES string of the molecule is COc1ccc(C(=O)Cl)cc1OC(=O)c1ccccc1. The second kappa shape index (κ2) is 6.21. The van der Waals surface area contributed by atoms with Gasteiger partial charge in [0.25, 0.3) is 5.24 Å². The second-order valence-electron chi connectivity index (χ2n) is 3.89. The average Bonchev–Trinajstić information content (AvgIpc) is 2.48. The summed E-state index contributed by atoms with van der Waals surface area (Å²) in [6.45, 7) is 0. The Morgan fingerprint density at radius 2 is 1.65 bits per heavy atom. The van der Waals surface area contributed by atoms with Crippen LogP contribution in [0.1, 0.15) is 20.7 Å². The van der Waals surface area contributed by atoms with Crippen molar-refractivity contribution in [3.63, 3.8) is 0 Å². The highest BCUT2D eigenvalue weighted by atomic mass is 35.5. The van der Waals surface area contributed by atoms with E-state index in [1.165, 1.54) is 25.3 Å². The molecule has 0 atom stereocenters. The Balaban J connectivity index is 2.30. The van der Waals surface area contributed by atoms with Crippen molar-refractivity contribution in [1.29, 1.82) is 0 Å². The standard InChI is InChI=1S/C15H11ClO4/c1-19-12-8-7-11(14(16)17)9-13(12)20-15(18)10-5-3-2-4-6-10/h2-9H,1H3. The Kier molecular flexibility index (Phi) is 4.38. The van der Waals surface area contributed by atoms with Gasteiger partial charge in [-0.15, -0.1) is 0 Å². The van der Waals surface area contributed by atoms with E-state index in [0.29, 0.717) is 11.3 Å². The van der Waals surface area contributed by atoms with Gasteiger partial charge in [0.15, 0.2) is 11.5 Å². The molecule has 0 saturated heterocycles. The van der Waals surface area contributed by atoms with Gasteiger partial charge in [0.1, 0.15) is 0 Å². The van der Waals surface area contributed by atoms with E-state index < -0.39 is 11.2 Å². The number of carbonyl (C=O) groups is 2. The fourth-order valence-electron chi connectivity index (χ4n) is 1.61. The molecular weight excluding hydrogens is 280 g/mol. The number of esters is 1. The number of benzene rings is 2. The van der Waals surface area contributed by atoms with Crippen molar-refractivity contribution >= 4 is 22.8 Å². The van der Waals surface area contributed by atoms with Crippen LogP contribution in [0, 0.1) is 0 Å². The predicted octanol–water partition coefficient (Wildman–Crippen LogP) is 3.29. The van der Waals surface area contributed by atoms with Crippen LogP contribution < -0.4 is 9.47 Å². The zero-order chi connectivity index (χ0) is 14.5. The molecule has 0 bridgehead atoms. The molecular formula is C15H11ClO4. The largest absolute Gasteiger partial charge is 0.493 e. The molecule has 20 heavy (non-hydrogen) atoms. The highest BCUT2D eigenvalue weighted by Gasteiger charge is 2.14. The molecule has 0 fully saturated rings. The van der Waals surface area contributed by atoms with Gasteiger partial charge in [0.2, 0.25) is 0 Å². The summed E-state index contributed by atoms with van der Waals surface area (Å²) in [7, 11) is 1.44. The van der Waals surface area contributed by atoms with Crippen molar-refractivity contribution in [2.45, 2.75) is 0 Å². The molecule has 5 heteroatoms. The van der Waals surface area contributed by atoms with Gasteiger partial charge in [0.05, 0.1) is 12.7 Å². The molecule has 4 nitrogen and oxygen atoms in total. The van der Waals surface area contributed by atoms with Gasteiger partial charge in [-0.2, -0.15) is 0 Å². The molecule has 0 aliphatic rings. The van der Waals surface area contributed by atoms with Crippen molar-refractivity contribution in [2.75, 3.05) is 7.11 Å². The lowest BCUT2D eigenvalue weighted by Crippen LogP contribution is -2.09. The summed E-state index contributed by atoms with van der Waals surface area (Å²) in [5.41, 5.74) is 0.625. The zero-order valence-electron chi connectivity index (χ0n) is 10.6. The quantitative estimate of drug-likeness (QED) is 0.492. The molecule has 0 radical (unpaired) electrons. The fourth-order valence-corrected chi connectivity index (χ4v) is 1.73. The third kappa shape index (κ3) is 3.16. The van der Waals surface area contributed by atoms with E-state index in [1.54, 1.807) is 30.3 Å². The number of halogens is 1. The van der Waals surface area contributed by atoms with Crippen LogP contribution in [0.15, 0.2) is 48.5 Å². The number of methoxy groups -OCH3 is 1. The van der Waals surface area contributed by atoms with E-state index in [9.17, 15) is 9.59 Å². The molecule has 2 rings (SSSR count). The number of ether oxygens (including phenoxy) is 2. The first-order chi connectivity index (χ1) is 9.61. The van der Waals surface area contributed by atoms with Crippen LogP contribution in [0.3, 0.4) is 0 Å². The molecule has 2 aromatic rings. The maximum absolute atomic E-state index is 12.0. The summed E-state index contributed by atoms with van der Waals surface area (Å²) in [4.78, 5) is 23.1. The van der Waals surface area contributed by atoms with Gasteiger partial charge in [-0.25, -0.2) is 4.79 Å². The molecule has 0 heterocycles. The molecule has 102 valence electrons. The summed E-state index contributed by atoms with van der Waals surface area (Å²) in [6, 6.07) is 12.9. The second-order valence-corrected chi connectivity index (χ2v) is 4.24. The number of rotatable bonds is 4. The van der Waals surface area contributed by atoms with Crippen molar-refractivity contribution < 1.29 is 19.1 Å². The summed E-state index contributed by atoms with van der Waals surface area (Å²) in [5, 5.41) is -0.635. The first-order valence-corrected chi connectivity index (χ1v) is 6.14. The molecule has 0 unspecified atom stereocenters. The van der Waals surface area contributed by atoms with Crippen molar-refractivity contribution in [3.05, 3.63) is 59.7 Å². The van der Waals surface area contributed by atoms with Crippen molar-refractivity contribution in [1.82, 2.24) is 0 Å². The van der Waals surface area contributed by atoms with Crippen LogP contribution in [0.4, 0.5) is 0 Å². The van der Waals surface area contributed by atoms with Crippen LogP contribution >= 0.6 is 11.6 Å². The van der Waals surface area contributed by atoms with E-state index in [1.807, 2.05) is 0 Å². The van der Waals surface area contributed by atoms with Gasteiger partial charge in [-0.05, 0) is 41.9 Å². The molecule has 0 aliphatic heterocycles. The van der Waals surface area contributed by atoms with Gasteiger partial charge in [-0.3, -0.25) is 4.79 Å².